The molecule has 1 heterocycles. The molecule has 3 N–H and O–H groups in total. The van der Waals surface area contributed by atoms with E-state index in [1.165, 1.54) is 16.1 Å². The van der Waals surface area contributed by atoms with Crippen molar-refractivity contribution in [3.05, 3.63) is 23.8 Å². The van der Waals surface area contributed by atoms with Gasteiger partial charge in [0.25, 0.3) is 0 Å². The van der Waals surface area contributed by atoms with Crippen LogP contribution in [0, 0.1) is 0 Å². The van der Waals surface area contributed by atoms with Crippen LogP contribution in [0.1, 0.15) is 19.4 Å². The number of benzene rings is 1. The minimum atomic E-state index is 0.289. The molecule has 0 amide bonds. The molecule has 0 bridgehead atoms. The van der Waals surface area contributed by atoms with Crippen LogP contribution in [0.2, 0.25) is 0 Å². The molecular weight excluding hydrogens is 192 g/mol. The van der Waals surface area contributed by atoms with Gasteiger partial charge in [0, 0.05) is 28.4 Å². The van der Waals surface area contributed by atoms with Gasteiger partial charge < -0.3 is 11.1 Å². The molecular formula is C11H16N2S. The third-order valence-electron chi connectivity index (χ3n) is 2.37. The van der Waals surface area contributed by atoms with E-state index in [1.54, 1.807) is 0 Å². The van der Waals surface area contributed by atoms with E-state index in [0.29, 0.717) is 6.54 Å². The first-order valence-electron chi connectivity index (χ1n) is 4.87. The first-order valence-corrected chi connectivity index (χ1v) is 5.68. The summed E-state index contributed by atoms with van der Waals surface area (Å²) < 4.78 is 0.289. The molecule has 3 heteroatoms. The molecule has 1 aliphatic heterocycles. The second-order valence-corrected chi connectivity index (χ2v) is 6.00. The fourth-order valence-electron chi connectivity index (χ4n) is 1.57. The van der Waals surface area contributed by atoms with E-state index < -0.39 is 0 Å². The van der Waals surface area contributed by atoms with Gasteiger partial charge in [-0.3, -0.25) is 0 Å². The van der Waals surface area contributed by atoms with Crippen LogP contribution in [-0.4, -0.2) is 11.3 Å². The van der Waals surface area contributed by atoms with Gasteiger partial charge in [-0.15, -0.1) is 11.8 Å². The van der Waals surface area contributed by atoms with Gasteiger partial charge in [0.05, 0.1) is 0 Å². The number of nitrogens with two attached hydrogens (primary N) is 1. The van der Waals surface area contributed by atoms with Crippen molar-refractivity contribution in [2.45, 2.75) is 30.0 Å². The number of nitrogens with one attached hydrogen (secondary N) is 1. The summed E-state index contributed by atoms with van der Waals surface area (Å²) in [5, 5.41) is 3.45. The summed E-state index contributed by atoms with van der Waals surface area (Å²) in [7, 11) is 0. The zero-order valence-electron chi connectivity index (χ0n) is 8.63. The maximum Gasteiger partial charge on any atom is 0.0482 e. The molecule has 14 heavy (non-hydrogen) atoms. The third kappa shape index (κ3) is 1.88. The number of anilines is 1. The molecule has 0 atom stereocenters. The van der Waals surface area contributed by atoms with Gasteiger partial charge in [-0.1, -0.05) is 6.07 Å². The fraction of sp³-hybridized carbons (Fsp3) is 0.455. The summed E-state index contributed by atoms with van der Waals surface area (Å²) in [5.74, 6) is 0. The van der Waals surface area contributed by atoms with Crippen LogP contribution < -0.4 is 11.1 Å². The fourth-order valence-corrected chi connectivity index (χ4v) is 2.69. The maximum atomic E-state index is 5.60. The molecule has 1 aromatic rings. The van der Waals surface area contributed by atoms with Crippen molar-refractivity contribution >= 4 is 17.4 Å². The topological polar surface area (TPSA) is 38.0 Å². The lowest BCUT2D eigenvalue weighted by atomic mass is 10.1. The predicted molar refractivity (Wildman–Crippen MR) is 62.8 cm³/mol. The third-order valence-corrected chi connectivity index (χ3v) is 3.64. The van der Waals surface area contributed by atoms with E-state index in [2.05, 4.69) is 37.4 Å². The SMILES string of the molecule is CC1(C)CNc2cc(CN)ccc2S1. The molecule has 1 aromatic carbocycles. The first kappa shape index (κ1) is 9.87. The molecule has 0 aliphatic carbocycles. The number of rotatable bonds is 1. The van der Waals surface area contributed by atoms with Crippen molar-refractivity contribution in [2.75, 3.05) is 11.9 Å². The van der Waals surface area contributed by atoms with Crippen molar-refractivity contribution in [1.29, 1.82) is 0 Å². The quantitative estimate of drug-likeness (QED) is 0.744. The highest BCUT2D eigenvalue weighted by molar-refractivity contribution is 8.00. The van der Waals surface area contributed by atoms with Gasteiger partial charge >= 0.3 is 0 Å². The predicted octanol–water partition coefficient (Wildman–Crippen LogP) is 2.44. The Balaban J connectivity index is 2.32. The van der Waals surface area contributed by atoms with Gasteiger partial charge in [-0.2, -0.15) is 0 Å². The Morgan fingerprint density at radius 3 is 3.00 bits per heavy atom. The van der Waals surface area contributed by atoms with Crippen molar-refractivity contribution < 1.29 is 0 Å². The van der Waals surface area contributed by atoms with Crippen molar-refractivity contribution in [3.63, 3.8) is 0 Å². The van der Waals surface area contributed by atoms with Crippen molar-refractivity contribution in [1.82, 2.24) is 0 Å². The molecule has 0 radical (unpaired) electrons. The molecule has 0 unspecified atom stereocenters. The summed E-state index contributed by atoms with van der Waals surface area (Å²) in [4.78, 5) is 1.33. The van der Waals surface area contributed by atoms with Crippen LogP contribution in [0.25, 0.3) is 0 Å². The van der Waals surface area contributed by atoms with E-state index in [4.69, 9.17) is 5.73 Å². The summed E-state index contributed by atoms with van der Waals surface area (Å²) in [6.45, 7) is 6.14. The lowest BCUT2D eigenvalue weighted by Crippen LogP contribution is -2.30. The van der Waals surface area contributed by atoms with Crippen LogP contribution in [0.4, 0.5) is 5.69 Å². The van der Waals surface area contributed by atoms with Crippen molar-refractivity contribution in [3.8, 4) is 0 Å². The largest absolute Gasteiger partial charge is 0.383 e. The summed E-state index contributed by atoms with van der Waals surface area (Å²) >= 11 is 1.93. The molecule has 0 saturated carbocycles. The monoisotopic (exact) mass is 208 g/mol. The summed E-state index contributed by atoms with van der Waals surface area (Å²) in [6.07, 6.45) is 0. The number of fused-ring (bicyclic) bond motifs is 1. The molecule has 0 spiro atoms. The highest BCUT2D eigenvalue weighted by atomic mass is 32.2. The smallest absolute Gasteiger partial charge is 0.0482 e. The molecule has 76 valence electrons. The summed E-state index contributed by atoms with van der Waals surface area (Å²) in [6, 6.07) is 6.42. The number of hydrogen-bond donors (Lipinski definition) is 2. The lowest BCUT2D eigenvalue weighted by Gasteiger charge is -2.31. The average Bonchev–Trinajstić information content (AvgIpc) is 2.16. The highest BCUT2D eigenvalue weighted by Gasteiger charge is 2.25. The second-order valence-electron chi connectivity index (χ2n) is 4.25. The zero-order chi connectivity index (χ0) is 10.2. The first-order chi connectivity index (χ1) is 6.61. The number of thioether (sulfide) groups is 1. The average molecular weight is 208 g/mol. The van der Waals surface area contributed by atoms with E-state index in [0.717, 1.165) is 6.54 Å². The number of hydrogen-bond acceptors (Lipinski definition) is 3. The van der Waals surface area contributed by atoms with Crippen molar-refractivity contribution in [2.24, 2.45) is 5.73 Å². The van der Waals surface area contributed by atoms with E-state index in [-0.39, 0.29) is 4.75 Å². The molecule has 0 saturated heterocycles. The maximum absolute atomic E-state index is 5.60. The minimum Gasteiger partial charge on any atom is -0.383 e. The van der Waals surface area contributed by atoms with Crippen LogP contribution in [0.15, 0.2) is 23.1 Å². The van der Waals surface area contributed by atoms with Crippen LogP contribution in [0.5, 0.6) is 0 Å². The van der Waals surface area contributed by atoms with Gasteiger partial charge in [0.15, 0.2) is 0 Å². The standard InChI is InChI=1S/C11H16N2S/c1-11(2)7-13-9-5-8(6-12)3-4-10(9)14-11/h3-5,13H,6-7,12H2,1-2H3. The van der Waals surface area contributed by atoms with Crippen LogP contribution in [0.3, 0.4) is 0 Å². The van der Waals surface area contributed by atoms with E-state index >= 15 is 0 Å². The lowest BCUT2D eigenvalue weighted by molar-refractivity contribution is 0.738. The Morgan fingerprint density at radius 2 is 2.29 bits per heavy atom. The Morgan fingerprint density at radius 1 is 1.50 bits per heavy atom. The second kappa shape index (κ2) is 3.48. The van der Waals surface area contributed by atoms with Gasteiger partial charge in [-0.25, -0.2) is 0 Å². The van der Waals surface area contributed by atoms with Gasteiger partial charge in [0.1, 0.15) is 0 Å². The molecule has 2 nitrogen and oxygen atoms in total. The Labute approximate surface area is 89.3 Å². The van der Waals surface area contributed by atoms with Gasteiger partial charge in [0.2, 0.25) is 0 Å². The van der Waals surface area contributed by atoms with E-state index in [1.807, 2.05) is 11.8 Å². The molecule has 1 aliphatic rings. The Hall–Kier alpha value is -0.670. The normalized spacial score (nSPS) is 18.5. The molecule has 0 fully saturated rings. The molecule has 2 rings (SSSR count). The summed E-state index contributed by atoms with van der Waals surface area (Å²) in [5.41, 5.74) is 8.03. The molecule has 0 aromatic heterocycles. The zero-order valence-corrected chi connectivity index (χ0v) is 9.45. The van der Waals surface area contributed by atoms with Crippen LogP contribution >= 0.6 is 11.8 Å². The highest BCUT2D eigenvalue weighted by Crippen LogP contribution is 2.41. The Kier molecular flexibility index (Phi) is 2.45. The van der Waals surface area contributed by atoms with Crippen LogP contribution in [-0.2, 0) is 6.54 Å². The van der Waals surface area contributed by atoms with Gasteiger partial charge in [-0.05, 0) is 31.5 Å². The Bertz CT molecular complexity index is 347. The van der Waals surface area contributed by atoms with E-state index in [9.17, 15) is 0 Å². The minimum absolute atomic E-state index is 0.289.